The minimum absolute atomic E-state index is 0.619. The van der Waals surface area contributed by atoms with Crippen LogP contribution in [-0.4, -0.2) is 0 Å². The van der Waals surface area contributed by atoms with Crippen molar-refractivity contribution in [1.82, 2.24) is 0 Å². The van der Waals surface area contributed by atoms with E-state index in [1.165, 1.54) is 0 Å². The highest BCUT2D eigenvalue weighted by molar-refractivity contribution is 5.48. The summed E-state index contributed by atoms with van der Waals surface area (Å²) in [5.41, 5.74) is 12.9. The lowest BCUT2D eigenvalue weighted by Gasteiger charge is -2.12. The van der Waals surface area contributed by atoms with Crippen LogP contribution in [0.5, 0.6) is 80.5 Å². The quantitative estimate of drug-likeness (QED) is 0.105. The highest BCUT2D eigenvalue weighted by atomic mass is 16.5. The summed E-state index contributed by atoms with van der Waals surface area (Å²) in [7, 11) is 0. The first-order chi connectivity index (χ1) is 27.9. The molecule has 0 aliphatic carbocycles. The summed E-state index contributed by atoms with van der Waals surface area (Å²) in [5.74, 6) is 8.99. The van der Waals surface area contributed by atoms with Crippen molar-refractivity contribution in [2.75, 3.05) is 11.5 Å². The van der Waals surface area contributed by atoms with E-state index in [0.717, 1.165) is 0 Å². The summed E-state index contributed by atoms with van der Waals surface area (Å²) in [5, 5.41) is 0. The lowest BCUT2D eigenvalue weighted by atomic mass is 10.3. The van der Waals surface area contributed by atoms with Crippen LogP contribution in [0.2, 0.25) is 0 Å². The van der Waals surface area contributed by atoms with E-state index in [0.29, 0.717) is 91.9 Å². The Labute approximate surface area is 329 Å². The van der Waals surface area contributed by atoms with E-state index < -0.39 is 0 Å². The number of anilines is 2. The van der Waals surface area contributed by atoms with Gasteiger partial charge in [-0.25, -0.2) is 0 Å². The highest BCUT2D eigenvalue weighted by Gasteiger charge is 2.08. The number of hydrogen-bond donors (Lipinski definition) is 2. The maximum absolute atomic E-state index is 6.11. The van der Waals surface area contributed by atoms with Gasteiger partial charge in [-0.3, -0.25) is 0 Å². The zero-order valence-corrected chi connectivity index (χ0v) is 30.5. The van der Waals surface area contributed by atoms with Crippen molar-refractivity contribution < 1.29 is 33.2 Å². The van der Waals surface area contributed by atoms with Crippen LogP contribution >= 0.6 is 0 Å². The normalized spacial score (nSPS) is 10.6. The molecule has 0 aromatic heterocycles. The third kappa shape index (κ3) is 10.1. The molecule has 0 spiro atoms. The maximum atomic E-state index is 6.11. The van der Waals surface area contributed by atoms with Gasteiger partial charge in [0, 0.05) is 35.6 Å². The molecule has 0 fully saturated rings. The molecular formula is C48H36N2O7. The van der Waals surface area contributed by atoms with Crippen molar-refractivity contribution in [3.63, 3.8) is 0 Å². The first-order valence-corrected chi connectivity index (χ1v) is 18.0. The standard InChI is InChI=1S/C48H36N2O7/c49-33-13-17-35(18-14-33)52-41-5-1-9-45(29-41)56-47-11-3-7-43(31-47)54-39-25-21-37(22-26-39)51-38-23-27-40(28-24-38)55-44-8-4-12-48(32-44)57-46-10-2-6-42(30-46)53-36-19-15-34(50)16-20-36/h1-32H,49-50H2. The Bertz CT molecular complexity index is 2380. The second-order valence-corrected chi connectivity index (χ2v) is 12.7. The zero-order valence-electron chi connectivity index (χ0n) is 30.5. The van der Waals surface area contributed by atoms with E-state index >= 15 is 0 Å². The first-order valence-electron chi connectivity index (χ1n) is 18.0. The average Bonchev–Trinajstić information content (AvgIpc) is 3.22. The average molecular weight is 753 g/mol. The summed E-state index contributed by atoms with van der Waals surface area (Å²) < 4.78 is 42.4. The number of ether oxygens (including phenoxy) is 7. The van der Waals surface area contributed by atoms with Crippen LogP contribution in [0.1, 0.15) is 0 Å². The van der Waals surface area contributed by atoms with Gasteiger partial charge in [-0.05, 0) is 146 Å². The summed E-state index contributed by atoms with van der Waals surface area (Å²) >= 11 is 0. The van der Waals surface area contributed by atoms with Gasteiger partial charge in [0.1, 0.15) is 80.5 Å². The predicted octanol–water partition coefficient (Wildman–Crippen LogP) is 13.4. The zero-order chi connectivity index (χ0) is 38.8. The van der Waals surface area contributed by atoms with E-state index in [1.54, 1.807) is 24.3 Å². The van der Waals surface area contributed by atoms with Crippen LogP contribution in [0.3, 0.4) is 0 Å². The van der Waals surface area contributed by atoms with E-state index in [-0.39, 0.29) is 0 Å². The molecule has 0 bridgehead atoms. The molecule has 8 rings (SSSR count). The fourth-order valence-electron chi connectivity index (χ4n) is 5.58. The number of nitrogens with two attached hydrogens (primary N) is 2. The Kier molecular flexibility index (Phi) is 10.7. The van der Waals surface area contributed by atoms with Crippen LogP contribution in [0.4, 0.5) is 11.4 Å². The minimum Gasteiger partial charge on any atom is -0.457 e. The molecule has 57 heavy (non-hydrogen) atoms. The van der Waals surface area contributed by atoms with Gasteiger partial charge in [-0.2, -0.15) is 0 Å². The van der Waals surface area contributed by atoms with Crippen LogP contribution in [0.25, 0.3) is 0 Å². The minimum atomic E-state index is 0.619. The Morgan fingerprint density at radius 1 is 0.193 bits per heavy atom. The van der Waals surface area contributed by atoms with E-state index in [2.05, 4.69) is 0 Å². The molecule has 0 amide bonds. The molecule has 0 aliphatic rings. The Balaban J connectivity index is 0.829. The molecule has 0 unspecified atom stereocenters. The Morgan fingerprint density at radius 3 is 0.561 bits per heavy atom. The molecule has 0 heterocycles. The summed E-state index contributed by atoms with van der Waals surface area (Å²) in [6.07, 6.45) is 0. The molecule has 9 nitrogen and oxygen atoms in total. The molecule has 0 atom stereocenters. The van der Waals surface area contributed by atoms with Crippen LogP contribution in [0.15, 0.2) is 194 Å². The molecule has 0 aliphatic heterocycles. The monoisotopic (exact) mass is 752 g/mol. The van der Waals surface area contributed by atoms with E-state index in [9.17, 15) is 0 Å². The molecular weight excluding hydrogens is 717 g/mol. The van der Waals surface area contributed by atoms with Crippen molar-refractivity contribution in [3.05, 3.63) is 194 Å². The summed E-state index contributed by atoms with van der Waals surface area (Å²) in [4.78, 5) is 0. The Hall–Kier alpha value is -8.04. The van der Waals surface area contributed by atoms with Crippen molar-refractivity contribution in [2.24, 2.45) is 0 Å². The molecule has 0 radical (unpaired) electrons. The smallest absolute Gasteiger partial charge is 0.131 e. The maximum Gasteiger partial charge on any atom is 0.131 e. The van der Waals surface area contributed by atoms with Crippen molar-refractivity contribution in [3.8, 4) is 80.5 Å². The molecule has 0 saturated heterocycles. The number of rotatable bonds is 14. The fraction of sp³-hybridized carbons (Fsp3) is 0. The highest BCUT2D eigenvalue weighted by Crippen LogP contribution is 2.35. The molecule has 8 aromatic carbocycles. The van der Waals surface area contributed by atoms with Crippen molar-refractivity contribution in [2.45, 2.75) is 0 Å². The van der Waals surface area contributed by atoms with Gasteiger partial charge in [0.2, 0.25) is 0 Å². The fourth-order valence-corrected chi connectivity index (χ4v) is 5.58. The predicted molar refractivity (Wildman–Crippen MR) is 221 cm³/mol. The first kappa shape index (κ1) is 36.0. The number of hydrogen-bond acceptors (Lipinski definition) is 9. The van der Waals surface area contributed by atoms with Crippen LogP contribution in [-0.2, 0) is 0 Å². The van der Waals surface area contributed by atoms with Gasteiger partial charge < -0.3 is 44.6 Å². The van der Waals surface area contributed by atoms with Gasteiger partial charge in [0.05, 0.1) is 0 Å². The van der Waals surface area contributed by atoms with Gasteiger partial charge in [0.15, 0.2) is 0 Å². The van der Waals surface area contributed by atoms with Gasteiger partial charge in [-0.15, -0.1) is 0 Å². The van der Waals surface area contributed by atoms with Crippen LogP contribution < -0.4 is 44.6 Å². The largest absolute Gasteiger partial charge is 0.457 e. The molecule has 0 saturated carbocycles. The third-order valence-electron chi connectivity index (χ3n) is 8.28. The molecule has 4 N–H and O–H groups in total. The van der Waals surface area contributed by atoms with E-state index in [4.69, 9.17) is 44.6 Å². The van der Waals surface area contributed by atoms with Gasteiger partial charge in [-0.1, -0.05) is 24.3 Å². The third-order valence-corrected chi connectivity index (χ3v) is 8.28. The van der Waals surface area contributed by atoms with Crippen molar-refractivity contribution >= 4 is 11.4 Å². The number of nitrogen functional groups attached to an aromatic ring is 2. The van der Waals surface area contributed by atoms with Gasteiger partial charge in [0.25, 0.3) is 0 Å². The molecule has 9 heteroatoms. The summed E-state index contributed by atoms with van der Waals surface area (Å²) in [6.45, 7) is 0. The van der Waals surface area contributed by atoms with E-state index in [1.807, 2.05) is 170 Å². The van der Waals surface area contributed by atoms with Gasteiger partial charge >= 0.3 is 0 Å². The lowest BCUT2D eigenvalue weighted by molar-refractivity contribution is 0.449. The second-order valence-electron chi connectivity index (χ2n) is 12.7. The number of benzene rings is 8. The van der Waals surface area contributed by atoms with Crippen molar-refractivity contribution in [1.29, 1.82) is 0 Å². The van der Waals surface area contributed by atoms with Crippen LogP contribution in [0, 0.1) is 0 Å². The SMILES string of the molecule is Nc1ccc(Oc2cccc(Oc3cccc(Oc4ccc(Oc5ccc(Oc6cccc(Oc7cccc(Oc8ccc(N)cc8)c7)c6)cc5)cc4)c3)c2)cc1. The lowest BCUT2D eigenvalue weighted by Crippen LogP contribution is -1.90. The Morgan fingerprint density at radius 2 is 0.351 bits per heavy atom. The molecule has 8 aromatic rings. The summed E-state index contributed by atoms with van der Waals surface area (Å²) in [6, 6.07) is 58.9. The topological polar surface area (TPSA) is 117 Å². The second kappa shape index (κ2) is 17.0. The molecule has 280 valence electrons.